The van der Waals surface area contributed by atoms with Crippen LogP contribution in [0.15, 0.2) is 12.7 Å². The van der Waals surface area contributed by atoms with Crippen molar-refractivity contribution in [2.75, 3.05) is 7.05 Å². The van der Waals surface area contributed by atoms with Gasteiger partial charge in [0.15, 0.2) is 0 Å². The molecule has 0 spiro atoms. The molecule has 0 radical (unpaired) electrons. The number of carbonyl (C=O) groups is 1. The highest BCUT2D eigenvalue weighted by molar-refractivity contribution is 5.87. The SMILES string of the molecule is C=CC(=O)N(C)C(C)C(C)(C)C. The van der Waals surface area contributed by atoms with Gasteiger partial charge in [0.05, 0.1) is 0 Å². The fraction of sp³-hybridized carbons (Fsp3) is 0.700. The lowest BCUT2D eigenvalue weighted by Gasteiger charge is -2.34. The molecule has 1 atom stereocenters. The maximum atomic E-state index is 11.2. The Morgan fingerprint density at radius 2 is 1.92 bits per heavy atom. The molecule has 0 N–H and O–H groups in total. The number of hydrogen-bond donors (Lipinski definition) is 0. The standard InChI is InChI=1S/C10H19NO/c1-7-9(12)11(6)8(2)10(3,4)5/h7-8H,1H2,2-6H3. The van der Waals surface area contributed by atoms with E-state index in [1.807, 2.05) is 6.92 Å². The first-order chi connectivity index (χ1) is 5.30. The molecule has 2 heteroatoms. The Kier molecular flexibility index (Phi) is 3.50. The first-order valence-electron chi connectivity index (χ1n) is 4.20. The van der Waals surface area contributed by atoms with E-state index in [0.29, 0.717) is 0 Å². The molecule has 12 heavy (non-hydrogen) atoms. The van der Waals surface area contributed by atoms with E-state index < -0.39 is 0 Å². The molecule has 0 saturated heterocycles. The third kappa shape index (κ3) is 2.68. The molecular formula is C10H19NO. The fourth-order valence-electron chi connectivity index (χ4n) is 0.916. The number of rotatable bonds is 2. The van der Waals surface area contributed by atoms with Gasteiger partial charge in [-0.25, -0.2) is 0 Å². The summed E-state index contributed by atoms with van der Waals surface area (Å²) in [6.07, 6.45) is 1.35. The van der Waals surface area contributed by atoms with Crippen LogP contribution in [0.3, 0.4) is 0 Å². The van der Waals surface area contributed by atoms with Crippen molar-refractivity contribution in [3.63, 3.8) is 0 Å². The summed E-state index contributed by atoms with van der Waals surface area (Å²) in [7, 11) is 1.81. The summed E-state index contributed by atoms with van der Waals surface area (Å²) in [5.74, 6) is -0.0163. The van der Waals surface area contributed by atoms with Crippen LogP contribution in [0.1, 0.15) is 27.7 Å². The molecule has 0 rings (SSSR count). The molecule has 1 amide bonds. The Balaban J connectivity index is 4.39. The molecule has 0 aromatic carbocycles. The van der Waals surface area contributed by atoms with Gasteiger partial charge >= 0.3 is 0 Å². The lowest BCUT2D eigenvalue weighted by atomic mass is 9.87. The van der Waals surface area contributed by atoms with E-state index in [4.69, 9.17) is 0 Å². The Labute approximate surface area is 75.3 Å². The summed E-state index contributed by atoms with van der Waals surface area (Å²) in [5, 5.41) is 0. The summed E-state index contributed by atoms with van der Waals surface area (Å²) in [6, 6.07) is 0.225. The summed E-state index contributed by atoms with van der Waals surface area (Å²) in [5.41, 5.74) is 0.118. The zero-order valence-electron chi connectivity index (χ0n) is 8.72. The van der Waals surface area contributed by atoms with Crippen molar-refractivity contribution in [3.8, 4) is 0 Å². The molecule has 0 aliphatic rings. The molecule has 0 bridgehead atoms. The normalized spacial score (nSPS) is 13.8. The van der Waals surface area contributed by atoms with E-state index >= 15 is 0 Å². The van der Waals surface area contributed by atoms with Crippen molar-refractivity contribution >= 4 is 5.91 Å². The van der Waals surface area contributed by atoms with Crippen molar-refractivity contribution in [1.82, 2.24) is 4.90 Å². The second-order valence-corrected chi connectivity index (χ2v) is 4.20. The lowest BCUT2D eigenvalue weighted by molar-refractivity contribution is -0.128. The van der Waals surface area contributed by atoms with E-state index in [9.17, 15) is 4.79 Å². The topological polar surface area (TPSA) is 20.3 Å². The highest BCUT2D eigenvalue weighted by atomic mass is 16.2. The summed E-state index contributed by atoms with van der Waals surface area (Å²) < 4.78 is 0. The van der Waals surface area contributed by atoms with Crippen LogP contribution in [0.25, 0.3) is 0 Å². The molecule has 0 aromatic rings. The second-order valence-electron chi connectivity index (χ2n) is 4.20. The maximum Gasteiger partial charge on any atom is 0.245 e. The van der Waals surface area contributed by atoms with E-state index in [1.165, 1.54) is 6.08 Å². The van der Waals surface area contributed by atoms with Crippen molar-refractivity contribution in [3.05, 3.63) is 12.7 Å². The number of nitrogens with zero attached hydrogens (tertiary/aromatic N) is 1. The minimum Gasteiger partial charge on any atom is -0.339 e. The van der Waals surface area contributed by atoms with Crippen LogP contribution in [0.4, 0.5) is 0 Å². The van der Waals surface area contributed by atoms with Gasteiger partial charge in [0, 0.05) is 13.1 Å². The highest BCUT2D eigenvalue weighted by Gasteiger charge is 2.25. The predicted molar refractivity (Wildman–Crippen MR) is 51.9 cm³/mol. The summed E-state index contributed by atoms with van der Waals surface area (Å²) >= 11 is 0. The molecule has 1 unspecified atom stereocenters. The summed E-state index contributed by atoms with van der Waals surface area (Å²) in [6.45, 7) is 11.8. The molecule has 0 aromatic heterocycles. The predicted octanol–water partition coefficient (Wildman–Crippen LogP) is 2.07. The van der Waals surface area contributed by atoms with Crippen LogP contribution >= 0.6 is 0 Å². The van der Waals surface area contributed by atoms with E-state index in [-0.39, 0.29) is 17.4 Å². The van der Waals surface area contributed by atoms with Crippen molar-refractivity contribution in [2.45, 2.75) is 33.7 Å². The smallest absolute Gasteiger partial charge is 0.245 e. The van der Waals surface area contributed by atoms with E-state index in [1.54, 1.807) is 11.9 Å². The third-order valence-electron chi connectivity index (χ3n) is 2.36. The number of carbonyl (C=O) groups excluding carboxylic acids is 1. The second kappa shape index (κ2) is 3.74. The van der Waals surface area contributed by atoms with Crippen molar-refractivity contribution in [2.24, 2.45) is 5.41 Å². The van der Waals surface area contributed by atoms with Crippen LogP contribution in [-0.2, 0) is 4.79 Å². The fourth-order valence-corrected chi connectivity index (χ4v) is 0.916. The minimum atomic E-state index is -0.0163. The molecule has 0 aliphatic carbocycles. The molecule has 70 valence electrons. The average Bonchev–Trinajstić information content (AvgIpc) is 1.98. The van der Waals surface area contributed by atoms with Crippen LogP contribution in [0, 0.1) is 5.41 Å². The number of likely N-dealkylation sites (N-methyl/N-ethyl adjacent to an activating group) is 1. The monoisotopic (exact) mass is 169 g/mol. The maximum absolute atomic E-state index is 11.2. The molecule has 0 saturated carbocycles. The van der Waals surface area contributed by atoms with Gasteiger partial charge in [-0.1, -0.05) is 27.4 Å². The van der Waals surface area contributed by atoms with Gasteiger partial charge in [0.25, 0.3) is 0 Å². The minimum absolute atomic E-state index is 0.0163. The lowest BCUT2D eigenvalue weighted by Crippen LogP contribution is -2.42. The van der Waals surface area contributed by atoms with E-state index in [2.05, 4.69) is 27.4 Å². The Morgan fingerprint density at radius 1 is 1.50 bits per heavy atom. The molecule has 0 fully saturated rings. The Hall–Kier alpha value is -0.790. The zero-order valence-corrected chi connectivity index (χ0v) is 8.72. The van der Waals surface area contributed by atoms with Crippen LogP contribution in [-0.4, -0.2) is 23.9 Å². The van der Waals surface area contributed by atoms with Gasteiger partial charge in [-0.05, 0) is 18.4 Å². The van der Waals surface area contributed by atoms with Crippen LogP contribution in [0.2, 0.25) is 0 Å². The Bertz CT molecular complexity index is 179. The van der Waals surface area contributed by atoms with Crippen molar-refractivity contribution in [1.29, 1.82) is 0 Å². The number of amides is 1. The third-order valence-corrected chi connectivity index (χ3v) is 2.36. The van der Waals surface area contributed by atoms with Crippen molar-refractivity contribution < 1.29 is 4.79 Å². The molecule has 0 aliphatic heterocycles. The summed E-state index contributed by atoms with van der Waals surface area (Å²) in [4.78, 5) is 12.9. The van der Waals surface area contributed by atoms with Gasteiger partial charge < -0.3 is 4.90 Å². The first-order valence-corrected chi connectivity index (χ1v) is 4.20. The average molecular weight is 169 g/mol. The highest BCUT2D eigenvalue weighted by Crippen LogP contribution is 2.22. The molecule has 0 heterocycles. The van der Waals surface area contributed by atoms with Gasteiger partial charge in [0.2, 0.25) is 5.91 Å². The van der Waals surface area contributed by atoms with Gasteiger partial charge in [-0.15, -0.1) is 0 Å². The van der Waals surface area contributed by atoms with Gasteiger partial charge in [0.1, 0.15) is 0 Å². The Morgan fingerprint density at radius 3 is 2.17 bits per heavy atom. The largest absolute Gasteiger partial charge is 0.339 e. The quantitative estimate of drug-likeness (QED) is 0.579. The van der Waals surface area contributed by atoms with E-state index in [0.717, 1.165) is 0 Å². The first kappa shape index (κ1) is 11.2. The molecular weight excluding hydrogens is 150 g/mol. The zero-order chi connectivity index (χ0) is 9.94. The van der Waals surface area contributed by atoms with Gasteiger partial charge in [-0.3, -0.25) is 4.79 Å². The van der Waals surface area contributed by atoms with Gasteiger partial charge in [-0.2, -0.15) is 0 Å². The van der Waals surface area contributed by atoms with Crippen LogP contribution < -0.4 is 0 Å². The molecule has 2 nitrogen and oxygen atoms in total. The van der Waals surface area contributed by atoms with Crippen LogP contribution in [0.5, 0.6) is 0 Å². The number of hydrogen-bond acceptors (Lipinski definition) is 1.